The molecule has 0 aliphatic heterocycles. The number of alkyl carbamates (subject to hydrolysis) is 1. The molecule has 2 aromatic rings. The molecule has 0 fully saturated rings. The first-order chi connectivity index (χ1) is 21.4. The molecule has 3 amide bonds. The van der Waals surface area contributed by atoms with Gasteiger partial charge in [0, 0.05) is 19.5 Å². The summed E-state index contributed by atoms with van der Waals surface area (Å²) in [6.07, 6.45) is 4.37. The lowest BCUT2D eigenvalue weighted by Gasteiger charge is -2.35. The molecule has 0 heterocycles. The normalized spacial score (nSPS) is 12.4. The number of nitrogens with one attached hydrogen (secondary N) is 2. The van der Waals surface area contributed by atoms with Crippen molar-refractivity contribution in [3.05, 3.63) is 71.8 Å². The number of unbranched alkanes of at least 4 members (excludes halogenated alkanes) is 3. The minimum atomic E-state index is -1.09. The number of carbonyl (C=O) groups excluding carboxylic acids is 4. The van der Waals surface area contributed by atoms with E-state index < -0.39 is 41.6 Å². The van der Waals surface area contributed by atoms with Crippen molar-refractivity contribution in [2.75, 3.05) is 19.7 Å². The van der Waals surface area contributed by atoms with Crippen LogP contribution in [0.2, 0.25) is 0 Å². The van der Waals surface area contributed by atoms with Gasteiger partial charge in [-0.15, -0.1) is 0 Å². The minimum absolute atomic E-state index is 0.0207. The van der Waals surface area contributed by atoms with Gasteiger partial charge in [-0.1, -0.05) is 69.2 Å². The van der Waals surface area contributed by atoms with Crippen LogP contribution in [0.3, 0.4) is 0 Å². The Labute approximate surface area is 267 Å². The number of rotatable bonds is 17. The van der Waals surface area contributed by atoms with Crippen LogP contribution >= 0.6 is 0 Å². The summed E-state index contributed by atoms with van der Waals surface area (Å²) in [5, 5.41) is 15.3. The van der Waals surface area contributed by atoms with Crippen molar-refractivity contribution in [3.63, 3.8) is 0 Å². The Bertz CT molecular complexity index is 1270. The third-order valence-electron chi connectivity index (χ3n) is 6.86. The monoisotopic (exact) mass is 623 g/mol. The van der Waals surface area contributed by atoms with Gasteiger partial charge in [0.05, 0.1) is 13.0 Å². The molecule has 0 saturated carbocycles. The number of esters is 1. The van der Waals surface area contributed by atoms with E-state index in [9.17, 15) is 24.3 Å². The fourth-order valence-electron chi connectivity index (χ4n) is 4.74. The van der Waals surface area contributed by atoms with Crippen LogP contribution < -0.4 is 10.6 Å². The Morgan fingerprint density at radius 1 is 1.02 bits per heavy atom. The lowest BCUT2D eigenvalue weighted by Crippen LogP contribution is -2.54. The molecule has 0 aliphatic carbocycles. The fraction of sp³-hybridized carbons (Fsp3) is 0.486. The predicted octanol–water partition coefficient (Wildman–Crippen LogP) is 5.69. The number of nitrogens with zero attached hydrogens (tertiary/aromatic N) is 1. The third kappa shape index (κ3) is 13.0. The topological polar surface area (TPSA) is 134 Å². The van der Waals surface area contributed by atoms with Crippen molar-refractivity contribution in [1.82, 2.24) is 15.5 Å². The van der Waals surface area contributed by atoms with Crippen molar-refractivity contribution < 1.29 is 33.8 Å². The maximum absolute atomic E-state index is 14.6. The van der Waals surface area contributed by atoms with E-state index in [2.05, 4.69) is 24.1 Å². The number of carbonyl (C=O) groups is 4. The second-order valence-corrected chi connectivity index (χ2v) is 11.8. The number of ether oxygens (including phenoxy) is 2. The van der Waals surface area contributed by atoms with Gasteiger partial charge < -0.3 is 30.1 Å². The Morgan fingerprint density at radius 3 is 2.36 bits per heavy atom. The zero-order chi connectivity index (χ0) is 33.4. The first-order valence-corrected chi connectivity index (χ1v) is 15.6. The molecule has 3 N–H and O–H groups in total. The molecule has 10 heteroatoms. The van der Waals surface area contributed by atoms with E-state index in [1.807, 2.05) is 6.07 Å². The summed E-state index contributed by atoms with van der Waals surface area (Å²) >= 11 is 0. The van der Waals surface area contributed by atoms with Gasteiger partial charge in [-0.3, -0.25) is 14.4 Å². The zero-order valence-corrected chi connectivity index (χ0v) is 27.3. The third-order valence-corrected chi connectivity index (χ3v) is 6.86. The summed E-state index contributed by atoms with van der Waals surface area (Å²) in [6, 6.07) is 11.4. The first kappa shape index (κ1) is 36.8. The Hall–Kier alpha value is -4.34. The number of hydrogen-bond acceptors (Lipinski definition) is 7. The summed E-state index contributed by atoms with van der Waals surface area (Å²) in [7, 11) is 0. The SMILES string of the molecule is C=Cc1cccc(C(C(=O)NCCC(=O)OCC)N(CCCCCC)C(=O)C(Cc2ccc(O)cc2)NC(=O)OC(C)(C)C)c1. The van der Waals surface area contributed by atoms with Gasteiger partial charge in [0.1, 0.15) is 23.4 Å². The van der Waals surface area contributed by atoms with Gasteiger partial charge in [-0.25, -0.2) is 4.79 Å². The number of hydrogen-bond donors (Lipinski definition) is 3. The van der Waals surface area contributed by atoms with Crippen molar-refractivity contribution in [2.45, 2.75) is 90.8 Å². The van der Waals surface area contributed by atoms with E-state index in [0.29, 0.717) is 17.5 Å². The molecule has 2 atom stereocenters. The van der Waals surface area contributed by atoms with Crippen LogP contribution in [0, 0.1) is 0 Å². The molecule has 0 bridgehead atoms. The minimum Gasteiger partial charge on any atom is -0.508 e. The maximum Gasteiger partial charge on any atom is 0.408 e. The van der Waals surface area contributed by atoms with Gasteiger partial charge in [0.25, 0.3) is 0 Å². The Kier molecular flexibility index (Phi) is 15.1. The van der Waals surface area contributed by atoms with E-state index in [1.54, 1.807) is 64.1 Å². The fourth-order valence-corrected chi connectivity index (χ4v) is 4.74. The van der Waals surface area contributed by atoms with E-state index in [-0.39, 0.29) is 38.3 Å². The van der Waals surface area contributed by atoms with Crippen LogP contribution in [0.15, 0.2) is 55.1 Å². The van der Waals surface area contributed by atoms with E-state index in [4.69, 9.17) is 9.47 Å². The van der Waals surface area contributed by atoms with E-state index >= 15 is 0 Å². The highest BCUT2D eigenvalue weighted by molar-refractivity contribution is 5.92. The predicted molar refractivity (Wildman–Crippen MR) is 174 cm³/mol. The van der Waals surface area contributed by atoms with E-state index in [0.717, 1.165) is 24.8 Å². The molecule has 0 saturated heterocycles. The molecular weight excluding hydrogens is 574 g/mol. The van der Waals surface area contributed by atoms with Crippen LogP contribution in [-0.2, 0) is 30.3 Å². The number of aromatic hydroxyl groups is 1. The second kappa shape index (κ2) is 18.5. The van der Waals surface area contributed by atoms with Gasteiger partial charge in [-0.05, 0) is 69.0 Å². The largest absolute Gasteiger partial charge is 0.508 e. The molecule has 246 valence electrons. The standard InChI is InChI=1S/C35H49N3O7/c1-7-10-11-12-22-38(31(27-15-13-14-25(8-2)23-27)32(41)36-21-20-30(40)44-9-3)33(42)29(37-34(43)45-35(4,5)6)24-26-16-18-28(39)19-17-26/h8,13-19,23,29,31,39H,2,7,9-12,20-22,24H2,1,3-6H3,(H,36,41)(H,37,43). The highest BCUT2D eigenvalue weighted by Crippen LogP contribution is 2.26. The second-order valence-electron chi connectivity index (χ2n) is 11.8. The van der Waals surface area contributed by atoms with Crippen LogP contribution in [-0.4, -0.2) is 65.2 Å². The summed E-state index contributed by atoms with van der Waals surface area (Å²) in [5.74, 6) is -1.31. The van der Waals surface area contributed by atoms with Crippen LogP contribution in [0.25, 0.3) is 6.08 Å². The van der Waals surface area contributed by atoms with Crippen molar-refractivity contribution in [2.24, 2.45) is 0 Å². The van der Waals surface area contributed by atoms with Crippen molar-refractivity contribution >= 4 is 30.0 Å². The summed E-state index contributed by atoms with van der Waals surface area (Å²) in [4.78, 5) is 54.9. The number of amides is 3. The first-order valence-electron chi connectivity index (χ1n) is 15.6. The average Bonchev–Trinajstić information content (AvgIpc) is 2.98. The van der Waals surface area contributed by atoms with Crippen LogP contribution in [0.1, 0.15) is 89.5 Å². The van der Waals surface area contributed by atoms with Gasteiger partial charge >= 0.3 is 12.1 Å². The molecule has 45 heavy (non-hydrogen) atoms. The smallest absolute Gasteiger partial charge is 0.408 e. The van der Waals surface area contributed by atoms with Gasteiger partial charge in [0.15, 0.2) is 0 Å². The summed E-state index contributed by atoms with van der Waals surface area (Å²) < 4.78 is 10.5. The van der Waals surface area contributed by atoms with Crippen molar-refractivity contribution in [3.8, 4) is 5.75 Å². The number of phenolic OH excluding ortho intramolecular Hbond substituents is 1. The molecule has 0 radical (unpaired) electrons. The molecule has 0 aromatic heterocycles. The van der Waals surface area contributed by atoms with Crippen LogP contribution in [0.4, 0.5) is 4.79 Å². The lowest BCUT2D eigenvalue weighted by molar-refractivity contribution is -0.144. The quantitative estimate of drug-likeness (QED) is 0.152. The highest BCUT2D eigenvalue weighted by atomic mass is 16.6. The van der Waals surface area contributed by atoms with E-state index in [1.165, 1.54) is 17.0 Å². The number of benzene rings is 2. The highest BCUT2D eigenvalue weighted by Gasteiger charge is 2.36. The Balaban J connectivity index is 2.56. The molecule has 0 aliphatic rings. The lowest BCUT2D eigenvalue weighted by atomic mass is 9.98. The molecule has 10 nitrogen and oxygen atoms in total. The molecule has 2 rings (SSSR count). The molecular formula is C35H49N3O7. The summed E-state index contributed by atoms with van der Waals surface area (Å²) in [5.41, 5.74) is 1.22. The summed E-state index contributed by atoms with van der Waals surface area (Å²) in [6.45, 7) is 13.3. The van der Waals surface area contributed by atoms with Gasteiger partial charge in [-0.2, -0.15) is 0 Å². The van der Waals surface area contributed by atoms with Crippen molar-refractivity contribution in [1.29, 1.82) is 0 Å². The molecule has 2 unspecified atom stereocenters. The number of phenols is 1. The van der Waals surface area contributed by atoms with Gasteiger partial charge in [0.2, 0.25) is 11.8 Å². The maximum atomic E-state index is 14.6. The molecule has 2 aromatic carbocycles. The zero-order valence-electron chi connectivity index (χ0n) is 27.3. The van der Waals surface area contributed by atoms with Crippen LogP contribution in [0.5, 0.6) is 5.75 Å². The Morgan fingerprint density at radius 2 is 1.73 bits per heavy atom. The average molecular weight is 624 g/mol. The molecule has 0 spiro atoms.